The maximum Gasteiger partial charge on any atom is 0.354 e. The molecule has 0 aliphatic carbocycles. The van der Waals surface area contributed by atoms with Crippen LogP contribution in [0, 0.1) is 0 Å². The predicted octanol–water partition coefficient (Wildman–Crippen LogP) is 2.32. The van der Waals surface area contributed by atoms with Crippen LogP contribution in [-0.4, -0.2) is 33.0 Å². The lowest BCUT2D eigenvalue weighted by atomic mass is 10.1. The average molecular weight is 253 g/mol. The number of aliphatic carboxylic acids is 1. The largest absolute Gasteiger partial charge is 0.477 e. The summed E-state index contributed by atoms with van der Waals surface area (Å²) in [7, 11) is 0. The SMILES string of the molecule is O=C(O)C(=NC1SCCS1)c1ccccc1. The summed E-state index contributed by atoms with van der Waals surface area (Å²) in [5, 5.41) is 9.14. The minimum Gasteiger partial charge on any atom is -0.477 e. The van der Waals surface area contributed by atoms with E-state index in [1.807, 2.05) is 18.2 Å². The molecular formula is C11H11NO2S2. The van der Waals surface area contributed by atoms with E-state index in [-0.39, 0.29) is 10.4 Å². The molecule has 0 bridgehead atoms. The van der Waals surface area contributed by atoms with E-state index >= 15 is 0 Å². The summed E-state index contributed by atoms with van der Waals surface area (Å²) in [5.41, 5.74) is 0.829. The summed E-state index contributed by atoms with van der Waals surface area (Å²) in [6.45, 7) is 0. The molecule has 0 radical (unpaired) electrons. The van der Waals surface area contributed by atoms with Crippen molar-refractivity contribution < 1.29 is 9.90 Å². The van der Waals surface area contributed by atoms with E-state index in [9.17, 15) is 4.79 Å². The highest BCUT2D eigenvalue weighted by Crippen LogP contribution is 2.33. The Morgan fingerprint density at radius 3 is 2.44 bits per heavy atom. The van der Waals surface area contributed by atoms with Gasteiger partial charge in [-0.05, 0) is 0 Å². The molecule has 2 rings (SSSR count). The summed E-state index contributed by atoms with van der Waals surface area (Å²) in [5.74, 6) is 1.13. The molecule has 0 amide bonds. The fourth-order valence-corrected chi connectivity index (χ4v) is 3.87. The van der Waals surface area contributed by atoms with Crippen LogP contribution in [0.5, 0.6) is 0 Å². The molecule has 0 saturated carbocycles. The zero-order chi connectivity index (χ0) is 11.4. The van der Waals surface area contributed by atoms with Crippen LogP contribution < -0.4 is 0 Å². The predicted molar refractivity (Wildman–Crippen MR) is 69.3 cm³/mol. The number of hydrogen-bond donors (Lipinski definition) is 1. The number of thioether (sulfide) groups is 2. The second-order valence-electron chi connectivity index (χ2n) is 3.20. The molecule has 16 heavy (non-hydrogen) atoms. The van der Waals surface area contributed by atoms with Gasteiger partial charge in [0, 0.05) is 17.1 Å². The molecule has 84 valence electrons. The van der Waals surface area contributed by atoms with Crippen molar-refractivity contribution in [2.24, 2.45) is 4.99 Å². The van der Waals surface area contributed by atoms with E-state index in [1.165, 1.54) is 0 Å². The average Bonchev–Trinajstić information content (AvgIpc) is 2.79. The second kappa shape index (κ2) is 5.41. The molecule has 1 aromatic carbocycles. The Kier molecular flexibility index (Phi) is 3.90. The molecule has 5 heteroatoms. The number of carboxylic acids is 1. The quantitative estimate of drug-likeness (QED) is 0.840. The molecule has 0 spiro atoms. The monoisotopic (exact) mass is 253 g/mol. The Hall–Kier alpha value is -0.940. The van der Waals surface area contributed by atoms with Gasteiger partial charge in [-0.1, -0.05) is 30.3 Å². The molecule has 1 aliphatic heterocycles. The van der Waals surface area contributed by atoms with Gasteiger partial charge in [-0.3, -0.25) is 4.99 Å². The lowest BCUT2D eigenvalue weighted by molar-refractivity contribution is -0.129. The van der Waals surface area contributed by atoms with Crippen molar-refractivity contribution in [2.45, 2.75) is 4.71 Å². The first-order valence-electron chi connectivity index (χ1n) is 4.87. The molecule has 1 fully saturated rings. The lowest BCUT2D eigenvalue weighted by Gasteiger charge is -2.05. The molecule has 3 nitrogen and oxygen atoms in total. The normalized spacial score (nSPS) is 17.6. The Balaban J connectivity index is 2.26. The topological polar surface area (TPSA) is 49.7 Å². The number of carbonyl (C=O) groups is 1. The van der Waals surface area contributed by atoms with Crippen molar-refractivity contribution in [1.82, 2.24) is 0 Å². The maximum absolute atomic E-state index is 11.1. The van der Waals surface area contributed by atoms with Crippen molar-refractivity contribution in [1.29, 1.82) is 0 Å². The second-order valence-corrected chi connectivity index (χ2v) is 5.87. The number of benzene rings is 1. The van der Waals surface area contributed by atoms with E-state index in [2.05, 4.69) is 4.99 Å². The standard InChI is InChI=1S/C11H11NO2S2/c13-10(14)9(8-4-2-1-3-5-8)12-11-15-6-7-16-11/h1-5,11H,6-7H2,(H,13,14). The van der Waals surface area contributed by atoms with E-state index < -0.39 is 5.97 Å². The molecule has 0 unspecified atom stereocenters. The fraction of sp³-hybridized carbons (Fsp3) is 0.273. The van der Waals surface area contributed by atoms with Crippen molar-refractivity contribution in [3.63, 3.8) is 0 Å². The molecule has 1 saturated heterocycles. The van der Waals surface area contributed by atoms with Crippen molar-refractivity contribution in [3.8, 4) is 0 Å². The van der Waals surface area contributed by atoms with Crippen LogP contribution in [0.25, 0.3) is 0 Å². The number of aliphatic imine (C=N–C) groups is 1. The molecule has 0 atom stereocenters. The molecular weight excluding hydrogens is 242 g/mol. The maximum atomic E-state index is 11.1. The van der Waals surface area contributed by atoms with Crippen LogP contribution >= 0.6 is 23.5 Å². The van der Waals surface area contributed by atoms with E-state index in [4.69, 9.17) is 5.11 Å². The molecule has 1 N–H and O–H groups in total. The first kappa shape index (κ1) is 11.5. The Labute approximate surface area is 102 Å². The number of nitrogens with zero attached hydrogens (tertiary/aromatic N) is 1. The highest BCUT2D eigenvalue weighted by Gasteiger charge is 2.19. The van der Waals surface area contributed by atoms with Crippen molar-refractivity contribution in [3.05, 3.63) is 35.9 Å². The Morgan fingerprint density at radius 2 is 1.88 bits per heavy atom. The minimum absolute atomic E-state index is 0.0336. The van der Waals surface area contributed by atoms with Crippen LogP contribution in [-0.2, 0) is 4.79 Å². The van der Waals surface area contributed by atoms with Crippen molar-refractivity contribution in [2.75, 3.05) is 11.5 Å². The summed E-state index contributed by atoms with van der Waals surface area (Å²) in [4.78, 5) is 15.4. The van der Waals surface area contributed by atoms with E-state index in [1.54, 1.807) is 35.7 Å². The molecule has 1 aromatic rings. The van der Waals surface area contributed by atoms with Crippen molar-refractivity contribution >= 4 is 35.2 Å². The molecule has 1 heterocycles. The zero-order valence-corrected chi connectivity index (χ0v) is 10.1. The number of carboxylic acid groups (broad SMARTS) is 1. The molecule has 1 aliphatic rings. The van der Waals surface area contributed by atoms with Crippen LogP contribution in [0.2, 0.25) is 0 Å². The molecule has 0 aromatic heterocycles. The van der Waals surface area contributed by atoms with Crippen LogP contribution in [0.15, 0.2) is 35.3 Å². The summed E-state index contributed by atoms with van der Waals surface area (Å²) < 4.78 is 0.0336. The Morgan fingerprint density at radius 1 is 1.25 bits per heavy atom. The van der Waals surface area contributed by atoms with Gasteiger partial charge >= 0.3 is 5.97 Å². The summed E-state index contributed by atoms with van der Waals surface area (Å²) >= 11 is 3.39. The number of rotatable bonds is 3. The third-order valence-electron chi connectivity index (χ3n) is 2.09. The smallest absolute Gasteiger partial charge is 0.354 e. The fourth-order valence-electron chi connectivity index (χ4n) is 1.38. The van der Waals surface area contributed by atoms with Gasteiger partial charge < -0.3 is 5.11 Å². The van der Waals surface area contributed by atoms with E-state index in [0.717, 1.165) is 11.5 Å². The van der Waals surface area contributed by atoms with Gasteiger partial charge in [-0.2, -0.15) is 0 Å². The third kappa shape index (κ3) is 2.80. The van der Waals surface area contributed by atoms with Gasteiger partial charge in [0.2, 0.25) is 0 Å². The third-order valence-corrected chi connectivity index (χ3v) is 4.82. The van der Waals surface area contributed by atoms with Crippen LogP contribution in [0.3, 0.4) is 0 Å². The highest BCUT2D eigenvalue weighted by molar-refractivity contribution is 8.20. The van der Waals surface area contributed by atoms with Crippen LogP contribution in [0.1, 0.15) is 5.56 Å². The van der Waals surface area contributed by atoms with E-state index in [0.29, 0.717) is 5.56 Å². The minimum atomic E-state index is -0.959. The number of hydrogen-bond acceptors (Lipinski definition) is 4. The zero-order valence-electron chi connectivity index (χ0n) is 8.50. The van der Waals surface area contributed by atoms with Gasteiger partial charge in [0.1, 0.15) is 4.71 Å². The highest BCUT2D eigenvalue weighted by atomic mass is 32.2. The van der Waals surface area contributed by atoms with Gasteiger partial charge in [-0.25, -0.2) is 4.79 Å². The van der Waals surface area contributed by atoms with Crippen LogP contribution in [0.4, 0.5) is 0 Å². The first-order valence-corrected chi connectivity index (χ1v) is 6.97. The van der Waals surface area contributed by atoms with Gasteiger partial charge in [0.25, 0.3) is 0 Å². The summed E-state index contributed by atoms with van der Waals surface area (Å²) in [6, 6.07) is 9.06. The van der Waals surface area contributed by atoms with Gasteiger partial charge in [-0.15, -0.1) is 23.5 Å². The van der Waals surface area contributed by atoms with Gasteiger partial charge in [0.15, 0.2) is 5.71 Å². The first-order chi connectivity index (χ1) is 7.77. The lowest BCUT2D eigenvalue weighted by Crippen LogP contribution is -2.16. The Bertz CT molecular complexity index is 400. The summed E-state index contributed by atoms with van der Waals surface area (Å²) in [6.07, 6.45) is 0. The van der Waals surface area contributed by atoms with Gasteiger partial charge in [0.05, 0.1) is 0 Å².